The molecule has 2 aliphatic rings. The van der Waals surface area contributed by atoms with Crippen molar-refractivity contribution in [3.8, 4) is 0 Å². The zero-order valence-corrected chi connectivity index (χ0v) is 17.3. The molecule has 0 aliphatic carbocycles. The van der Waals surface area contributed by atoms with Crippen LogP contribution in [0, 0.1) is 11.8 Å². The predicted octanol–water partition coefficient (Wildman–Crippen LogP) is 3.75. The molecule has 0 saturated carbocycles. The van der Waals surface area contributed by atoms with Crippen LogP contribution in [0.2, 0.25) is 5.02 Å². The van der Waals surface area contributed by atoms with Crippen molar-refractivity contribution < 1.29 is 14.3 Å². The number of carbonyl (C=O) groups is 2. The van der Waals surface area contributed by atoms with Crippen molar-refractivity contribution >= 4 is 29.2 Å². The molecule has 1 amide bonds. The molecule has 27 heavy (non-hydrogen) atoms. The highest BCUT2D eigenvalue weighted by atomic mass is 35.5. The smallest absolute Gasteiger partial charge is 0.309 e. The minimum atomic E-state index is -0.187. The number of carbonyl (C=O) groups excluding carboxylic acids is 2. The number of hydrogen-bond acceptors (Lipinski definition) is 4. The molecule has 1 aromatic rings. The summed E-state index contributed by atoms with van der Waals surface area (Å²) < 4.78 is 5.55. The largest absolute Gasteiger partial charge is 0.462 e. The number of ether oxygens (including phenoxy) is 1. The minimum Gasteiger partial charge on any atom is -0.462 e. The molecule has 6 heteroatoms. The maximum Gasteiger partial charge on any atom is 0.309 e. The van der Waals surface area contributed by atoms with Gasteiger partial charge in [0.25, 0.3) is 0 Å². The number of esters is 1. The number of para-hydroxylation sites is 1. The van der Waals surface area contributed by atoms with E-state index in [0.29, 0.717) is 24.0 Å². The zero-order chi connectivity index (χ0) is 19.8. The van der Waals surface area contributed by atoms with Crippen LogP contribution < -0.4 is 4.90 Å². The highest BCUT2D eigenvalue weighted by molar-refractivity contribution is 6.33. The van der Waals surface area contributed by atoms with Crippen LogP contribution in [-0.2, 0) is 14.3 Å². The molecule has 2 saturated heterocycles. The Balaban J connectivity index is 1.63. The average Bonchev–Trinajstić information content (AvgIpc) is 2.97. The molecule has 2 aliphatic heterocycles. The zero-order valence-electron chi connectivity index (χ0n) is 16.6. The molecule has 148 valence electrons. The van der Waals surface area contributed by atoms with Crippen molar-refractivity contribution in [2.75, 3.05) is 24.5 Å². The van der Waals surface area contributed by atoms with Crippen molar-refractivity contribution in [3.05, 3.63) is 29.3 Å². The van der Waals surface area contributed by atoms with E-state index in [2.05, 4.69) is 32.6 Å². The Hall–Kier alpha value is -1.59. The molecular weight excluding hydrogens is 364 g/mol. The summed E-state index contributed by atoms with van der Waals surface area (Å²) >= 11 is 6.30. The summed E-state index contributed by atoms with van der Waals surface area (Å²) in [5.74, 6) is 0.279. The monoisotopic (exact) mass is 392 g/mol. The number of piperazine rings is 1. The predicted molar refractivity (Wildman–Crippen MR) is 107 cm³/mol. The van der Waals surface area contributed by atoms with Crippen LogP contribution >= 0.6 is 11.6 Å². The molecule has 3 rings (SSSR count). The van der Waals surface area contributed by atoms with E-state index in [4.69, 9.17) is 16.3 Å². The lowest BCUT2D eigenvalue weighted by Gasteiger charge is -2.47. The molecule has 2 fully saturated rings. The fraction of sp³-hybridized carbons (Fsp3) is 0.619. The highest BCUT2D eigenvalue weighted by Crippen LogP contribution is 2.33. The van der Waals surface area contributed by atoms with Gasteiger partial charge in [-0.25, -0.2) is 0 Å². The number of amides is 1. The van der Waals surface area contributed by atoms with Gasteiger partial charge in [0, 0.05) is 18.6 Å². The third-order valence-electron chi connectivity index (χ3n) is 5.80. The first-order valence-electron chi connectivity index (χ1n) is 9.69. The first kappa shape index (κ1) is 20.2. The van der Waals surface area contributed by atoms with Crippen molar-refractivity contribution in [1.29, 1.82) is 0 Å². The normalized spacial score (nSPS) is 25.9. The molecule has 0 bridgehead atoms. The lowest BCUT2D eigenvalue weighted by Crippen LogP contribution is -2.62. The van der Waals surface area contributed by atoms with E-state index in [1.54, 1.807) is 4.90 Å². The van der Waals surface area contributed by atoms with E-state index in [1.165, 1.54) is 0 Å². The van der Waals surface area contributed by atoms with Gasteiger partial charge in [-0.1, -0.05) is 37.6 Å². The molecule has 0 spiro atoms. The third-order valence-corrected chi connectivity index (χ3v) is 6.12. The molecule has 0 aromatic heterocycles. The van der Waals surface area contributed by atoms with Gasteiger partial charge >= 0.3 is 5.97 Å². The summed E-state index contributed by atoms with van der Waals surface area (Å²) in [6, 6.07) is 7.46. The summed E-state index contributed by atoms with van der Waals surface area (Å²) in [7, 11) is 0. The Morgan fingerprint density at radius 1 is 1.26 bits per heavy atom. The molecule has 0 unspecified atom stereocenters. The number of benzene rings is 1. The van der Waals surface area contributed by atoms with Crippen molar-refractivity contribution in [2.24, 2.45) is 11.8 Å². The number of halogens is 1. The fourth-order valence-electron chi connectivity index (χ4n) is 4.01. The van der Waals surface area contributed by atoms with Gasteiger partial charge in [0.2, 0.25) is 5.91 Å². The maximum atomic E-state index is 12.8. The number of cyclic esters (lactones) is 1. The lowest BCUT2D eigenvalue weighted by molar-refractivity contribution is -0.145. The summed E-state index contributed by atoms with van der Waals surface area (Å²) in [4.78, 5) is 28.7. The van der Waals surface area contributed by atoms with Gasteiger partial charge in [-0.05, 0) is 44.7 Å². The van der Waals surface area contributed by atoms with Gasteiger partial charge < -0.3 is 9.64 Å². The van der Waals surface area contributed by atoms with Crippen molar-refractivity contribution in [2.45, 2.75) is 52.2 Å². The van der Waals surface area contributed by atoms with Gasteiger partial charge in [-0.2, -0.15) is 0 Å². The number of rotatable bonds is 5. The van der Waals surface area contributed by atoms with Crippen LogP contribution in [-0.4, -0.2) is 48.1 Å². The van der Waals surface area contributed by atoms with E-state index >= 15 is 0 Å². The van der Waals surface area contributed by atoms with E-state index in [0.717, 1.165) is 25.1 Å². The summed E-state index contributed by atoms with van der Waals surface area (Å²) in [5, 5.41) is 0.590. The Labute approximate surface area is 166 Å². The fourth-order valence-corrected chi connectivity index (χ4v) is 4.25. The highest BCUT2D eigenvalue weighted by Gasteiger charge is 2.41. The number of hydrogen-bond donors (Lipinski definition) is 0. The first-order chi connectivity index (χ1) is 12.7. The lowest BCUT2D eigenvalue weighted by atomic mass is 9.91. The number of anilines is 1. The second-order valence-electron chi connectivity index (χ2n) is 8.60. The van der Waals surface area contributed by atoms with Crippen molar-refractivity contribution in [3.63, 3.8) is 0 Å². The summed E-state index contributed by atoms with van der Waals surface area (Å²) in [6.07, 6.45) is 1.50. The molecule has 2 heterocycles. The minimum absolute atomic E-state index is 0.00159. The van der Waals surface area contributed by atoms with E-state index in [9.17, 15) is 9.59 Å². The quantitative estimate of drug-likeness (QED) is 0.716. The van der Waals surface area contributed by atoms with Gasteiger partial charge in [0.05, 0.1) is 23.2 Å². The Kier molecular flexibility index (Phi) is 5.82. The average molecular weight is 393 g/mol. The topological polar surface area (TPSA) is 49.9 Å². The molecule has 5 nitrogen and oxygen atoms in total. The van der Waals surface area contributed by atoms with Crippen LogP contribution in [0.25, 0.3) is 0 Å². The van der Waals surface area contributed by atoms with Crippen LogP contribution in [0.5, 0.6) is 0 Å². The Bertz CT molecular complexity index is 719. The molecule has 2 atom stereocenters. The Morgan fingerprint density at radius 2 is 1.96 bits per heavy atom. The standard InChI is InChI=1S/C21H29ClN2O3/c1-14(2)16-11-15(27-20(16)26)9-10-23-12-19(25)24(13-21(23,3)4)18-8-6-5-7-17(18)22/h5-8,14-16H,9-13H2,1-4H3/t15-,16-/m0/s1. The molecule has 1 aromatic carbocycles. The van der Waals surface area contributed by atoms with Gasteiger partial charge in [0.1, 0.15) is 6.10 Å². The van der Waals surface area contributed by atoms with E-state index < -0.39 is 0 Å². The SMILES string of the molecule is CC(C)[C@@H]1C[C@H](CCN2CC(=O)N(c3ccccc3Cl)CC2(C)C)OC1=O. The van der Waals surface area contributed by atoms with E-state index in [-0.39, 0.29) is 29.4 Å². The van der Waals surface area contributed by atoms with Crippen LogP contribution in [0.15, 0.2) is 24.3 Å². The second-order valence-corrected chi connectivity index (χ2v) is 9.01. The van der Waals surface area contributed by atoms with Gasteiger partial charge in [-0.15, -0.1) is 0 Å². The summed E-state index contributed by atoms with van der Waals surface area (Å²) in [6.45, 7) is 10.1. The van der Waals surface area contributed by atoms with Crippen LogP contribution in [0.1, 0.15) is 40.5 Å². The van der Waals surface area contributed by atoms with Crippen molar-refractivity contribution in [1.82, 2.24) is 4.90 Å². The van der Waals surface area contributed by atoms with Crippen LogP contribution in [0.4, 0.5) is 5.69 Å². The molecule has 0 radical (unpaired) electrons. The first-order valence-corrected chi connectivity index (χ1v) is 10.1. The maximum absolute atomic E-state index is 12.8. The third kappa shape index (κ3) is 4.30. The van der Waals surface area contributed by atoms with Gasteiger partial charge in [0.15, 0.2) is 0 Å². The number of nitrogens with zero attached hydrogens (tertiary/aromatic N) is 2. The van der Waals surface area contributed by atoms with Gasteiger partial charge in [-0.3, -0.25) is 14.5 Å². The van der Waals surface area contributed by atoms with Crippen LogP contribution in [0.3, 0.4) is 0 Å². The second kappa shape index (κ2) is 7.80. The Morgan fingerprint density at radius 3 is 2.59 bits per heavy atom. The molecule has 0 N–H and O–H groups in total. The summed E-state index contributed by atoms with van der Waals surface area (Å²) in [5.41, 5.74) is 0.578. The van der Waals surface area contributed by atoms with E-state index in [1.807, 2.05) is 24.3 Å². The molecular formula is C21H29ClN2O3.